The molecule has 3 N–H and O–H groups in total. The van der Waals surface area contributed by atoms with Gasteiger partial charge in [-0.15, -0.1) is 12.4 Å². The molecule has 40 valence electrons. The molecule has 8 heavy (non-hydrogen) atoms. The molecule has 4 nitrogen and oxygen atoms in total. The molecule has 0 heterocycles. The zero-order chi connectivity index (χ0) is 4.50. The monoisotopic (exact) mass is 213 g/mol. The summed E-state index contributed by atoms with van der Waals surface area (Å²) in [5, 5.41) is 0. The first-order valence-corrected chi connectivity index (χ1v) is 2.35. The van der Waals surface area contributed by atoms with Gasteiger partial charge in [-0.1, -0.05) is 0 Å². The van der Waals surface area contributed by atoms with Gasteiger partial charge in [-0.3, -0.25) is 0 Å². The summed E-state index contributed by atoms with van der Waals surface area (Å²) in [5.74, 6) is 0. The van der Waals surface area contributed by atoms with Crippen molar-refractivity contribution in [3.8, 4) is 0 Å². The molecule has 0 aromatic carbocycles. The predicted molar refractivity (Wildman–Crippen MR) is 27.3 cm³/mol. The van der Waals surface area contributed by atoms with E-state index in [0.717, 1.165) is 0 Å². The smallest absolute Gasteiger partial charge is 0.303 e. The van der Waals surface area contributed by atoms with Crippen molar-refractivity contribution >= 4 is 58.0 Å². The van der Waals surface area contributed by atoms with Gasteiger partial charge in [-0.05, 0) is 0 Å². The largest absolute Gasteiger partial charge is 2.00 e. The molecule has 0 atom stereocenters. The molecule has 0 rings (SSSR count). The van der Waals surface area contributed by atoms with E-state index in [-0.39, 0.29) is 102 Å². The van der Waals surface area contributed by atoms with Crippen molar-refractivity contribution in [1.29, 1.82) is 0 Å². The number of hydrogen-bond acceptors (Lipinski definition) is 1. The van der Waals surface area contributed by atoms with Crippen LogP contribution >= 0.6 is 20.2 Å². The van der Waals surface area contributed by atoms with Gasteiger partial charge in [0, 0.05) is 0 Å². The zero-order valence-electron chi connectivity index (χ0n) is 4.31. The Kier molecular flexibility index (Phi) is 29.0. The summed E-state index contributed by atoms with van der Waals surface area (Å²) in [7, 11) is -4.64. The maximum Gasteiger partial charge on any atom is 2.00 e. The molecule has 0 aromatic heterocycles. The van der Waals surface area contributed by atoms with Crippen molar-refractivity contribution < 1.29 is 70.6 Å². The molecule has 0 aliphatic heterocycles. The average Bonchev–Trinajstić information content (AvgIpc) is 0.722. The second kappa shape index (κ2) is 10.3. The van der Waals surface area contributed by atoms with E-state index in [9.17, 15) is 0 Å². The van der Waals surface area contributed by atoms with E-state index in [1.165, 1.54) is 0 Å². The van der Waals surface area contributed by atoms with Gasteiger partial charge in [0.15, 0.2) is 0 Å². The van der Waals surface area contributed by atoms with E-state index in [2.05, 4.69) is 0 Å². The minimum absolute atomic E-state index is 0. The normalized spacial score (nSPS) is 7.38. The molecule has 0 aliphatic rings. The first kappa shape index (κ1) is 22.5. The van der Waals surface area contributed by atoms with Crippen LogP contribution in [-0.4, -0.2) is 52.4 Å². The molecule has 0 aromatic rings. The van der Waals surface area contributed by atoms with E-state index in [0.29, 0.717) is 0 Å². The van der Waals surface area contributed by atoms with Gasteiger partial charge in [0.05, 0.1) is 0 Å². The molecule has 0 spiro atoms. The summed E-state index contributed by atoms with van der Waals surface area (Å²) in [6, 6.07) is 0. The molecule has 8 heteroatoms. The third kappa shape index (κ3) is 58.9. The molecule has 0 bridgehead atoms. The van der Waals surface area contributed by atoms with E-state index in [1.54, 1.807) is 0 Å². The summed E-state index contributed by atoms with van der Waals surface area (Å²) < 4.78 is 8.88. The first-order chi connectivity index (χ1) is 2.00. The van der Waals surface area contributed by atoms with Crippen LogP contribution in [0, 0.1) is 0 Å². The predicted octanol–water partition coefficient (Wildman–Crippen LogP) is -3.88. The third-order valence-electron chi connectivity index (χ3n) is 0. The Bertz CT molecular complexity index is 62.2. The topological polar surface area (TPSA) is 77.8 Å². The standard InChI is InChI=1S/Ca.ClH.K.H3O4P/c;;;1-5(2,3)4/h;1H;;(H3,1,2,3,4)/q+2;;+1;. The minimum Gasteiger partial charge on any atom is -0.303 e. The van der Waals surface area contributed by atoms with Crippen LogP contribution in [0.15, 0.2) is 0 Å². The summed E-state index contributed by atoms with van der Waals surface area (Å²) in [6.07, 6.45) is 0. The van der Waals surface area contributed by atoms with Crippen LogP contribution in [-0.2, 0) is 4.57 Å². The molecule has 0 saturated carbocycles. The van der Waals surface area contributed by atoms with Gasteiger partial charge in [-0.2, -0.15) is 0 Å². The fraction of sp³-hybridized carbons (Fsp3) is 0. The second-order valence-corrected chi connectivity index (χ2v) is 1.54. The van der Waals surface area contributed by atoms with Crippen LogP contribution in [0.4, 0.5) is 0 Å². The quantitative estimate of drug-likeness (QED) is 0.284. The molecule has 0 aliphatic carbocycles. The average molecular weight is 214 g/mol. The van der Waals surface area contributed by atoms with Crippen molar-refractivity contribution in [2.75, 3.05) is 0 Å². The number of hydrogen-bond donors (Lipinski definition) is 3. The molecular weight excluding hydrogens is 210 g/mol. The summed E-state index contributed by atoms with van der Waals surface area (Å²) in [6.45, 7) is 0. The van der Waals surface area contributed by atoms with Gasteiger partial charge in [-0.25, -0.2) is 4.57 Å². The van der Waals surface area contributed by atoms with Crippen molar-refractivity contribution in [3.63, 3.8) is 0 Å². The van der Waals surface area contributed by atoms with Crippen LogP contribution in [0.25, 0.3) is 0 Å². The Balaban J connectivity index is -0.0000000267. The maximum atomic E-state index is 8.88. The van der Waals surface area contributed by atoms with Crippen molar-refractivity contribution in [1.82, 2.24) is 0 Å². The molecule has 0 amide bonds. The Hall–Kier alpha value is 3.30. The first-order valence-electron chi connectivity index (χ1n) is 0.783. The van der Waals surface area contributed by atoms with Crippen molar-refractivity contribution in [3.05, 3.63) is 0 Å². The van der Waals surface area contributed by atoms with E-state index in [4.69, 9.17) is 19.2 Å². The van der Waals surface area contributed by atoms with Gasteiger partial charge < -0.3 is 14.7 Å². The Morgan fingerprint density at radius 3 is 1.12 bits per heavy atom. The summed E-state index contributed by atoms with van der Waals surface area (Å²) >= 11 is 0. The van der Waals surface area contributed by atoms with Crippen LogP contribution < -0.4 is 51.4 Å². The molecule has 0 unspecified atom stereocenters. The minimum atomic E-state index is -4.64. The Morgan fingerprint density at radius 1 is 1.12 bits per heavy atom. The summed E-state index contributed by atoms with van der Waals surface area (Å²) in [5.41, 5.74) is 0. The Morgan fingerprint density at radius 2 is 1.12 bits per heavy atom. The third-order valence-corrected chi connectivity index (χ3v) is 0. The zero-order valence-corrected chi connectivity index (χ0v) is 11.4. The maximum absolute atomic E-state index is 8.88. The number of phosphoric acid groups is 1. The molecule has 0 fully saturated rings. The van der Waals surface area contributed by atoms with Gasteiger partial charge >= 0.3 is 96.9 Å². The van der Waals surface area contributed by atoms with Crippen LogP contribution in [0.5, 0.6) is 0 Å². The van der Waals surface area contributed by atoms with Gasteiger partial charge in [0.1, 0.15) is 0 Å². The number of rotatable bonds is 0. The number of halogens is 1. The van der Waals surface area contributed by atoms with Crippen LogP contribution in [0.3, 0.4) is 0 Å². The molecule has 0 radical (unpaired) electrons. The second-order valence-electron chi connectivity index (χ2n) is 0.513. The van der Waals surface area contributed by atoms with Crippen LogP contribution in [0.2, 0.25) is 0 Å². The molecular formula is H4CaClKO4P+3. The van der Waals surface area contributed by atoms with E-state index < -0.39 is 7.82 Å². The summed E-state index contributed by atoms with van der Waals surface area (Å²) in [4.78, 5) is 21.6. The molecule has 0 saturated heterocycles. The van der Waals surface area contributed by atoms with Gasteiger partial charge in [0.2, 0.25) is 0 Å². The van der Waals surface area contributed by atoms with Crippen molar-refractivity contribution in [2.24, 2.45) is 0 Å². The fourth-order valence-corrected chi connectivity index (χ4v) is 0. The fourth-order valence-electron chi connectivity index (χ4n) is 0. The van der Waals surface area contributed by atoms with E-state index >= 15 is 0 Å². The van der Waals surface area contributed by atoms with E-state index in [1.807, 2.05) is 0 Å². The SMILES string of the molecule is Cl.O=P(O)(O)O.[Ca+2].[K+]. The van der Waals surface area contributed by atoms with Crippen LogP contribution in [0.1, 0.15) is 0 Å². The van der Waals surface area contributed by atoms with Crippen molar-refractivity contribution in [2.45, 2.75) is 0 Å². The Labute approximate surface area is 125 Å². The van der Waals surface area contributed by atoms with Gasteiger partial charge in [0.25, 0.3) is 0 Å².